The molecule has 0 aromatic heterocycles. The molecular formula is C23H22F3N3O5. The minimum Gasteiger partial charge on any atom is -0.505 e. The molecule has 0 aliphatic carbocycles. The molecule has 3 rings (SSSR count). The Bertz CT molecular complexity index is 1280. The molecule has 34 heavy (non-hydrogen) atoms. The highest BCUT2D eigenvalue weighted by Crippen LogP contribution is 2.34. The normalized spacial score (nSPS) is 12.3. The third kappa shape index (κ3) is 5.13. The van der Waals surface area contributed by atoms with E-state index in [2.05, 4.69) is 15.4 Å². The van der Waals surface area contributed by atoms with Gasteiger partial charge in [0.25, 0.3) is 16.8 Å². The number of carbonyl (C=O) groups is 1. The number of hydrogen-bond donors (Lipinski definition) is 3. The van der Waals surface area contributed by atoms with Crippen LogP contribution in [0.5, 0.6) is 11.5 Å². The fraction of sp³-hybridized carbons (Fsp3) is 0.261. The van der Waals surface area contributed by atoms with Gasteiger partial charge in [-0.25, -0.2) is 0 Å². The number of phenolic OH excluding ortho intramolecular Hbond substituents is 1. The van der Waals surface area contributed by atoms with Gasteiger partial charge in [0.2, 0.25) is 0 Å². The van der Waals surface area contributed by atoms with Crippen LogP contribution < -0.4 is 26.2 Å². The Morgan fingerprint density at radius 1 is 1.09 bits per heavy atom. The number of hydrogen-bond acceptors (Lipinski definition) is 7. The Hall–Kier alpha value is -4.02. The van der Waals surface area contributed by atoms with Crippen LogP contribution in [0, 0.1) is 0 Å². The largest absolute Gasteiger partial charge is 0.573 e. The van der Waals surface area contributed by atoms with E-state index in [9.17, 15) is 32.7 Å². The predicted octanol–water partition coefficient (Wildman–Crippen LogP) is 3.90. The molecule has 0 spiro atoms. The van der Waals surface area contributed by atoms with Crippen molar-refractivity contribution in [2.75, 3.05) is 24.7 Å². The minimum absolute atomic E-state index is 0.00359. The van der Waals surface area contributed by atoms with Crippen molar-refractivity contribution >= 4 is 23.0 Å². The average molecular weight is 477 g/mol. The van der Waals surface area contributed by atoms with Gasteiger partial charge in [-0.15, -0.1) is 13.2 Å². The van der Waals surface area contributed by atoms with Gasteiger partial charge in [-0.05, 0) is 36.2 Å². The lowest BCUT2D eigenvalue weighted by Gasteiger charge is -2.23. The van der Waals surface area contributed by atoms with Crippen LogP contribution in [0.25, 0.3) is 0 Å². The number of halogens is 3. The maximum atomic E-state index is 12.6. The lowest BCUT2D eigenvalue weighted by molar-refractivity contribution is -0.274. The third-order valence-corrected chi connectivity index (χ3v) is 5.06. The highest BCUT2D eigenvalue weighted by molar-refractivity contribution is 5.99. The van der Waals surface area contributed by atoms with Crippen molar-refractivity contribution in [2.24, 2.45) is 0 Å². The number of carbonyl (C=O) groups excluding carboxylic acids is 1. The highest BCUT2D eigenvalue weighted by atomic mass is 19.4. The SMILES string of the molecule is CCC(Nc1c(Nc2cccc(C(=O)N(C)C)c2O)c(=O)c1=O)c1cccc(OC(F)(F)F)c1. The molecule has 8 nitrogen and oxygen atoms in total. The summed E-state index contributed by atoms with van der Waals surface area (Å²) in [7, 11) is 3.03. The van der Waals surface area contributed by atoms with Crippen LogP contribution in [0.1, 0.15) is 35.3 Å². The molecular weight excluding hydrogens is 455 g/mol. The number of anilines is 3. The monoisotopic (exact) mass is 477 g/mol. The standard InChI is InChI=1S/C23H22F3N3O5/c1-4-15(12-7-5-8-13(11-12)34-23(24,25)26)27-17-18(21(32)20(17)31)28-16-10-6-9-14(19(16)30)22(33)29(2)3/h5-11,15,27-28,30H,4H2,1-3H3. The topological polar surface area (TPSA) is 108 Å². The summed E-state index contributed by atoms with van der Waals surface area (Å²) >= 11 is 0. The van der Waals surface area contributed by atoms with Crippen molar-refractivity contribution < 1.29 is 27.8 Å². The molecule has 0 saturated heterocycles. The smallest absolute Gasteiger partial charge is 0.505 e. The Labute approximate surface area is 192 Å². The molecule has 0 heterocycles. The fourth-order valence-electron chi connectivity index (χ4n) is 3.36. The van der Waals surface area contributed by atoms with E-state index in [0.29, 0.717) is 12.0 Å². The number of ether oxygens (including phenoxy) is 1. The number of aromatic hydroxyl groups is 1. The molecule has 0 radical (unpaired) electrons. The second-order valence-electron chi connectivity index (χ2n) is 7.66. The van der Waals surface area contributed by atoms with Crippen LogP contribution in [0.3, 0.4) is 0 Å². The van der Waals surface area contributed by atoms with Gasteiger partial charge in [-0.1, -0.05) is 25.1 Å². The molecule has 180 valence electrons. The molecule has 3 aromatic rings. The summed E-state index contributed by atoms with van der Waals surface area (Å²) in [5.41, 5.74) is -1.42. The molecule has 1 amide bonds. The number of nitrogens with one attached hydrogen (secondary N) is 2. The summed E-state index contributed by atoms with van der Waals surface area (Å²) < 4.78 is 41.6. The van der Waals surface area contributed by atoms with Crippen LogP contribution in [0.2, 0.25) is 0 Å². The van der Waals surface area contributed by atoms with Crippen molar-refractivity contribution in [3.8, 4) is 11.5 Å². The number of benzene rings is 2. The molecule has 1 atom stereocenters. The van der Waals surface area contributed by atoms with E-state index in [1.54, 1.807) is 13.0 Å². The van der Waals surface area contributed by atoms with E-state index in [1.807, 2.05) is 0 Å². The second kappa shape index (κ2) is 9.46. The number of phenols is 1. The first kappa shape index (κ1) is 24.6. The summed E-state index contributed by atoms with van der Waals surface area (Å²) in [5, 5.41) is 16.1. The zero-order valence-corrected chi connectivity index (χ0v) is 18.5. The molecule has 3 N–H and O–H groups in total. The van der Waals surface area contributed by atoms with E-state index in [4.69, 9.17) is 0 Å². The van der Waals surface area contributed by atoms with Gasteiger partial charge < -0.3 is 25.4 Å². The van der Waals surface area contributed by atoms with Crippen molar-refractivity contribution in [1.29, 1.82) is 0 Å². The number of amides is 1. The molecule has 3 aromatic carbocycles. The van der Waals surface area contributed by atoms with Crippen molar-refractivity contribution in [1.82, 2.24) is 4.90 Å². The van der Waals surface area contributed by atoms with Crippen LogP contribution in [0.4, 0.5) is 30.2 Å². The fourth-order valence-corrected chi connectivity index (χ4v) is 3.36. The van der Waals surface area contributed by atoms with E-state index >= 15 is 0 Å². The molecule has 11 heteroatoms. The Kier molecular flexibility index (Phi) is 6.85. The van der Waals surface area contributed by atoms with Gasteiger partial charge in [0, 0.05) is 14.1 Å². The number of nitrogens with zero attached hydrogens (tertiary/aromatic N) is 1. The Balaban J connectivity index is 1.88. The van der Waals surface area contributed by atoms with Crippen LogP contribution >= 0.6 is 0 Å². The van der Waals surface area contributed by atoms with E-state index in [-0.39, 0.29) is 22.6 Å². The lowest BCUT2D eigenvalue weighted by atomic mass is 10.0. The molecule has 1 unspecified atom stereocenters. The number of alkyl halides is 3. The summed E-state index contributed by atoms with van der Waals surface area (Å²) in [4.78, 5) is 38.0. The molecule has 0 saturated carbocycles. The Morgan fingerprint density at radius 3 is 2.35 bits per heavy atom. The van der Waals surface area contributed by atoms with Crippen LogP contribution in [-0.2, 0) is 0 Å². The van der Waals surface area contributed by atoms with E-state index in [0.717, 1.165) is 6.07 Å². The Morgan fingerprint density at radius 2 is 1.74 bits per heavy atom. The summed E-state index contributed by atoms with van der Waals surface area (Å²) in [6.45, 7) is 1.75. The highest BCUT2D eigenvalue weighted by Gasteiger charge is 2.31. The molecule has 0 bridgehead atoms. The van der Waals surface area contributed by atoms with Gasteiger partial charge >= 0.3 is 6.36 Å². The van der Waals surface area contributed by atoms with E-state index in [1.165, 1.54) is 49.3 Å². The van der Waals surface area contributed by atoms with Gasteiger partial charge in [0.15, 0.2) is 5.75 Å². The molecule has 0 aliphatic rings. The first-order valence-corrected chi connectivity index (χ1v) is 10.2. The summed E-state index contributed by atoms with van der Waals surface area (Å²) in [5.74, 6) is -1.28. The van der Waals surface area contributed by atoms with E-state index < -0.39 is 40.7 Å². The molecule has 0 fully saturated rings. The maximum absolute atomic E-state index is 12.6. The van der Waals surface area contributed by atoms with Gasteiger partial charge in [0.05, 0.1) is 17.3 Å². The number of rotatable bonds is 8. The van der Waals surface area contributed by atoms with Crippen LogP contribution in [-0.4, -0.2) is 36.4 Å². The van der Waals surface area contributed by atoms with Crippen LogP contribution in [0.15, 0.2) is 52.1 Å². The lowest BCUT2D eigenvalue weighted by Crippen LogP contribution is -2.37. The summed E-state index contributed by atoms with van der Waals surface area (Å²) in [6, 6.07) is 9.01. The first-order valence-electron chi connectivity index (χ1n) is 10.2. The van der Waals surface area contributed by atoms with Crippen molar-refractivity contribution in [3.63, 3.8) is 0 Å². The average Bonchev–Trinajstić information content (AvgIpc) is 2.77. The maximum Gasteiger partial charge on any atom is 0.573 e. The van der Waals surface area contributed by atoms with Crippen molar-refractivity contribution in [3.05, 3.63) is 74.0 Å². The first-order chi connectivity index (χ1) is 15.9. The zero-order valence-electron chi connectivity index (χ0n) is 18.5. The van der Waals surface area contributed by atoms with Gasteiger partial charge in [-0.3, -0.25) is 14.4 Å². The number of para-hydroxylation sites is 1. The summed E-state index contributed by atoms with van der Waals surface area (Å²) in [6.07, 6.45) is -4.49. The minimum atomic E-state index is -4.85. The second-order valence-corrected chi connectivity index (χ2v) is 7.66. The predicted molar refractivity (Wildman–Crippen MR) is 121 cm³/mol. The third-order valence-electron chi connectivity index (χ3n) is 5.06. The van der Waals surface area contributed by atoms with Crippen molar-refractivity contribution in [2.45, 2.75) is 25.7 Å². The zero-order chi connectivity index (χ0) is 25.2. The quantitative estimate of drug-likeness (QED) is 0.334. The van der Waals surface area contributed by atoms with Gasteiger partial charge in [0.1, 0.15) is 17.1 Å². The molecule has 0 aliphatic heterocycles. The van der Waals surface area contributed by atoms with Gasteiger partial charge in [-0.2, -0.15) is 0 Å².